The van der Waals surface area contributed by atoms with E-state index in [2.05, 4.69) is 0 Å². The van der Waals surface area contributed by atoms with Gasteiger partial charge in [-0.05, 0) is 42.3 Å². The van der Waals surface area contributed by atoms with Crippen LogP contribution in [-0.4, -0.2) is 35.4 Å². The number of halogens is 2. The Hall–Kier alpha value is -2.86. The van der Waals surface area contributed by atoms with E-state index in [9.17, 15) is 19.1 Å². The van der Waals surface area contributed by atoms with Crippen LogP contribution >= 0.6 is 11.6 Å². The Morgan fingerprint density at radius 1 is 1.21 bits per heavy atom. The van der Waals surface area contributed by atoms with Gasteiger partial charge in [-0.1, -0.05) is 30.7 Å². The summed E-state index contributed by atoms with van der Waals surface area (Å²) in [5.41, 5.74) is 0.652. The van der Waals surface area contributed by atoms with Crippen molar-refractivity contribution >= 4 is 29.1 Å². The molecule has 1 amide bonds. The Bertz CT molecular complexity index is 955. The third-order valence-corrected chi connectivity index (χ3v) is 4.84. The molecular formula is C21H19ClFNO4. The van der Waals surface area contributed by atoms with Crippen molar-refractivity contribution in [2.24, 2.45) is 0 Å². The van der Waals surface area contributed by atoms with Gasteiger partial charge in [0.15, 0.2) is 0 Å². The summed E-state index contributed by atoms with van der Waals surface area (Å²) in [6.07, 6.45) is 0.616. The van der Waals surface area contributed by atoms with Gasteiger partial charge in [0.2, 0.25) is 0 Å². The number of amides is 1. The number of Topliss-reactive ketones (excluding diaryl/α,β-unsaturated/α-hetero) is 1. The van der Waals surface area contributed by atoms with Crippen molar-refractivity contribution in [3.8, 4) is 5.75 Å². The quantitative estimate of drug-likeness (QED) is 0.458. The first-order valence-electron chi connectivity index (χ1n) is 8.76. The second-order valence-electron chi connectivity index (χ2n) is 6.39. The average Bonchev–Trinajstić information content (AvgIpc) is 2.93. The lowest BCUT2D eigenvalue weighted by Crippen LogP contribution is -2.30. The molecule has 1 heterocycles. The molecule has 2 aromatic rings. The first-order valence-corrected chi connectivity index (χ1v) is 9.14. The van der Waals surface area contributed by atoms with Crippen LogP contribution in [0.15, 0.2) is 48.0 Å². The predicted octanol–water partition coefficient (Wildman–Crippen LogP) is 4.32. The van der Waals surface area contributed by atoms with Crippen LogP contribution in [0, 0.1) is 5.82 Å². The van der Waals surface area contributed by atoms with Crippen molar-refractivity contribution < 1.29 is 23.8 Å². The second-order valence-corrected chi connectivity index (χ2v) is 6.83. The predicted molar refractivity (Wildman–Crippen MR) is 104 cm³/mol. The number of aliphatic hydroxyl groups excluding tert-OH is 1. The number of hydrogen-bond donors (Lipinski definition) is 1. The van der Waals surface area contributed by atoms with Crippen molar-refractivity contribution in [2.45, 2.75) is 19.4 Å². The van der Waals surface area contributed by atoms with Crippen LogP contribution in [-0.2, 0) is 9.59 Å². The van der Waals surface area contributed by atoms with E-state index in [0.29, 0.717) is 29.3 Å². The van der Waals surface area contributed by atoms with Gasteiger partial charge in [-0.3, -0.25) is 9.59 Å². The smallest absolute Gasteiger partial charge is 0.295 e. The van der Waals surface area contributed by atoms with Crippen LogP contribution in [0.1, 0.15) is 30.5 Å². The van der Waals surface area contributed by atoms with E-state index in [1.54, 1.807) is 12.1 Å². The number of benzene rings is 2. The van der Waals surface area contributed by atoms with E-state index in [1.165, 1.54) is 42.3 Å². The minimum Gasteiger partial charge on any atom is -0.507 e. The van der Waals surface area contributed by atoms with Crippen molar-refractivity contribution in [3.63, 3.8) is 0 Å². The lowest BCUT2D eigenvalue weighted by atomic mass is 9.95. The van der Waals surface area contributed by atoms with Gasteiger partial charge < -0.3 is 14.7 Å². The van der Waals surface area contributed by atoms with Gasteiger partial charge in [-0.25, -0.2) is 4.39 Å². The zero-order chi connectivity index (χ0) is 20.4. The fourth-order valence-electron chi connectivity index (χ4n) is 3.35. The van der Waals surface area contributed by atoms with Gasteiger partial charge in [0.1, 0.15) is 17.3 Å². The zero-order valence-corrected chi connectivity index (χ0v) is 16.2. The molecule has 1 N–H and O–H groups in total. The standard InChI is InChI=1S/C21H19ClFNO4/c1-3-10-24-18(12-4-7-14(23)8-5-12)17(20(26)21(24)27)19(25)15-11-13(22)6-9-16(15)28-2/h4-9,11,18,25H,3,10H2,1-2H3/b19-17+. The third kappa shape index (κ3) is 3.47. The molecule has 0 aliphatic carbocycles. The maximum absolute atomic E-state index is 13.4. The van der Waals surface area contributed by atoms with Gasteiger partial charge >= 0.3 is 0 Å². The molecule has 7 heteroatoms. The minimum atomic E-state index is -0.829. The summed E-state index contributed by atoms with van der Waals surface area (Å²) in [6, 6.07) is 9.28. The highest BCUT2D eigenvalue weighted by Gasteiger charge is 2.45. The topological polar surface area (TPSA) is 66.8 Å². The molecule has 1 saturated heterocycles. The molecule has 28 heavy (non-hydrogen) atoms. The molecule has 3 rings (SSSR count). The number of likely N-dealkylation sites (tertiary alicyclic amines) is 1. The maximum Gasteiger partial charge on any atom is 0.295 e. The Morgan fingerprint density at radius 3 is 2.50 bits per heavy atom. The van der Waals surface area contributed by atoms with E-state index >= 15 is 0 Å². The third-order valence-electron chi connectivity index (χ3n) is 4.61. The van der Waals surface area contributed by atoms with Gasteiger partial charge in [-0.2, -0.15) is 0 Å². The summed E-state index contributed by atoms with van der Waals surface area (Å²) < 4.78 is 18.7. The van der Waals surface area contributed by atoms with Gasteiger partial charge in [0.05, 0.1) is 24.3 Å². The molecule has 146 valence electrons. The second kappa shape index (κ2) is 8.02. The van der Waals surface area contributed by atoms with Crippen molar-refractivity contribution in [1.29, 1.82) is 0 Å². The van der Waals surface area contributed by atoms with Crippen LogP contribution < -0.4 is 4.74 Å². The SMILES string of the molecule is CCCN1C(=O)C(=O)/C(=C(/O)c2cc(Cl)ccc2OC)C1c1ccc(F)cc1. The Morgan fingerprint density at radius 2 is 1.89 bits per heavy atom. The molecule has 1 aliphatic rings. The van der Waals surface area contributed by atoms with E-state index in [-0.39, 0.29) is 16.9 Å². The van der Waals surface area contributed by atoms with Gasteiger partial charge in [-0.15, -0.1) is 0 Å². The number of rotatable bonds is 5. The minimum absolute atomic E-state index is 0.0781. The number of methoxy groups -OCH3 is 1. The molecule has 0 aromatic heterocycles. The van der Waals surface area contributed by atoms with Gasteiger partial charge in [0, 0.05) is 11.6 Å². The Kier molecular flexibility index (Phi) is 5.70. The van der Waals surface area contributed by atoms with Crippen molar-refractivity contribution in [1.82, 2.24) is 4.90 Å². The number of aliphatic hydroxyl groups is 1. The fraction of sp³-hybridized carbons (Fsp3) is 0.238. The normalized spacial score (nSPS) is 18.6. The molecule has 0 saturated carbocycles. The van der Waals surface area contributed by atoms with Crippen LogP contribution in [0.25, 0.3) is 5.76 Å². The fourth-order valence-corrected chi connectivity index (χ4v) is 3.53. The van der Waals surface area contributed by atoms with Crippen molar-refractivity contribution in [3.05, 3.63) is 70.0 Å². The summed E-state index contributed by atoms with van der Waals surface area (Å²) in [5.74, 6) is -2.03. The highest BCUT2D eigenvalue weighted by Crippen LogP contribution is 2.41. The van der Waals surface area contributed by atoms with E-state index < -0.39 is 23.5 Å². The number of carbonyl (C=O) groups excluding carboxylic acids is 2. The average molecular weight is 404 g/mol. The van der Waals surface area contributed by atoms with Crippen LogP contribution in [0.4, 0.5) is 4.39 Å². The van der Waals surface area contributed by atoms with Crippen LogP contribution in [0.3, 0.4) is 0 Å². The Labute approximate surface area is 167 Å². The monoisotopic (exact) mass is 403 g/mol. The number of ether oxygens (including phenoxy) is 1. The number of nitrogens with zero attached hydrogens (tertiary/aromatic N) is 1. The molecule has 5 nitrogen and oxygen atoms in total. The molecule has 1 fully saturated rings. The maximum atomic E-state index is 13.4. The summed E-state index contributed by atoms with van der Waals surface area (Å²) in [4.78, 5) is 26.8. The zero-order valence-electron chi connectivity index (χ0n) is 15.4. The summed E-state index contributed by atoms with van der Waals surface area (Å²) >= 11 is 6.05. The van der Waals surface area contributed by atoms with E-state index in [0.717, 1.165) is 0 Å². The number of ketones is 1. The molecule has 2 aromatic carbocycles. The van der Waals surface area contributed by atoms with E-state index in [1.807, 2.05) is 6.92 Å². The van der Waals surface area contributed by atoms with Crippen molar-refractivity contribution in [2.75, 3.05) is 13.7 Å². The molecule has 0 spiro atoms. The highest BCUT2D eigenvalue weighted by molar-refractivity contribution is 6.46. The molecule has 1 atom stereocenters. The van der Waals surface area contributed by atoms with Crippen LogP contribution in [0.2, 0.25) is 5.02 Å². The number of carbonyl (C=O) groups is 2. The molecule has 0 bridgehead atoms. The largest absolute Gasteiger partial charge is 0.507 e. The molecule has 1 aliphatic heterocycles. The first kappa shape index (κ1) is 19.9. The lowest BCUT2D eigenvalue weighted by molar-refractivity contribution is -0.139. The number of hydrogen-bond acceptors (Lipinski definition) is 4. The summed E-state index contributed by atoms with van der Waals surface area (Å²) in [7, 11) is 1.42. The Balaban J connectivity index is 2.24. The molecule has 1 unspecified atom stereocenters. The summed E-state index contributed by atoms with van der Waals surface area (Å²) in [6.45, 7) is 2.19. The molecular weight excluding hydrogens is 385 g/mol. The lowest BCUT2D eigenvalue weighted by Gasteiger charge is -2.25. The summed E-state index contributed by atoms with van der Waals surface area (Å²) in [5, 5.41) is 11.3. The van der Waals surface area contributed by atoms with E-state index in [4.69, 9.17) is 16.3 Å². The highest BCUT2D eigenvalue weighted by atomic mass is 35.5. The first-order chi connectivity index (χ1) is 13.4. The van der Waals surface area contributed by atoms with Gasteiger partial charge in [0.25, 0.3) is 11.7 Å². The van der Waals surface area contributed by atoms with Crippen LogP contribution in [0.5, 0.6) is 5.75 Å². The molecule has 0 radical (unpaired) electrons.